The lowest BCUT2D eigenvalue weighted by Crippen LogP contribution is -2.32. The van der Waals surface area contributed by atoms with Gasteiger partial charge in [-0.3, -0.25) is 0 Å². The Labute approximate surface area is 136 Å². The van der Waals surface area contributed by atoms with Gasteiger partial charge in [-0.05, 0) is 24.9 Å². The molecule has 0 radical (unpaired) electrons. The van der Waals surface area contributed by atoms with Gasteiger partial charge in [-0.25, -0.2) is 8.42 Å². The van der Waals surface area contributed by atoms with E-state index in [1.807, 2.05) is 0 Å². The smallest absolute Gasteiger partial charge is 0.250 e. The zero-order chi connectivity index (χ0) is 16.6. The highest BCUT2D eigenvalue weighted by Gasteiger charge is 2.43. The maximum atomic E-state index is 13.1. The third-order valence-electron chi connectivity index (χ3n) is 4.62. The minimum atomic E-state index is -3.69. The maximum Gasteiger partial charge on any atom is 0.250 e. The normalized spacial score (nSPS) is 24.5. The molecule has 1 aromatic carbocycles. The van der Waals surface area contributed by atoms with Gasteiger partial charge in [0.05, 0.1) is 21.3 Å². The van der Waals surface area contributed by atoms with Crippen molar-refractivity contribution in [3.8, 4) is 17.2 Å². The number of ether oxygens (including phenoxy) is 3. The Morgan fingerprint density at radius 3 is 1.96 bits per heavy atom. The molecule has 1 aromatic rings. The van der Waals surface area contributed by atoms with Gasteiger partial charge < -0.3 is 19.5 Å². The fourth-order valence-electron chi connectivity index (χ4n) is 3.37. The molecule has 2 aliphatic rings. The number of nitrogens with zero attached hydrogens (tertiary/aromatic N) is 1. The topological polar surface area (TPSA) is 77.1 Å². The molecule has 128 valence electrons. The molecule has 2 aliphatic heterocycles. The lowest BCUT2D eigenvalue weighted by Gasteiger charge is -2.21. The number of methoxy groups -OCH3 is 3. The van der Waals surface area contributed by atoms with E-state index in [1.165, 1.54) is 25.6 Å². The molecular weight excluding hydrogens is 320 g/mol. The molecule has 2 atom stereocenters. The predicted molar refractivity (Wildman–Crippen MR) is 84.7 cm³/mol. The molecule has 0 bridgehead atoms. The van der Waals surface area contributed by atoms with Gasteiger partial charge in [0, 0.05) is 25.2 Å². The molecule has 8 heteroatoms. The zero-order valence-corrected chi connectivity index (χ0v) is 14.4. The molecule has 0 unspecified atom stereocenters. The largest absolute Gasteiger partial charge is 0.496 e. The van der Waals surface area contributed by atoms with Crippen molar-refractivity contribution in [2.75, 3.05) is 47.5 Å². The Balaban J connectivity index is 2.02. The average molecular weight is 342 g/mol. The Kier molecular flexibility index (Phi) is 4.39. The van der Waals surface area contributed by atoms with Gasteiger partial charge in [-0.2, -0.15) is 4.31 Å². The minimum Gasteiger partial charge on any atom is -0.496 e. The third kappa shape index (κ3) is 2.75. The van der Waals surface area contributed by atoms with Crippen LogP contribution in [-0.2, 0) is 10.0 Å². The number of nitrogens with one attached hydrogen (secondary N) is 1. The molecule has 0 aliphatic carbocycles. The number of hydrogen-bond acceptors (Lipinski definition) is 6. The van der Waals surface area contributed by atoms with Gasteiger partial charge in [0.25, 0.3) is 10.0 Å². The molecule has 0 spiro atoms. The molecule has 0 amide bonds. The highest BCUT2D eigenvalue weighted by Crippen LogP contribution is 2.41. The second-order valence-electron chi connectivity index (χ2n) is 5.86. The molecule has 2 heterocycles. The van der Waals surface area contributed by atoms with Gasteiger partial charge in [0.15, 0.2) is 4.90 Å². The molecule has 23 heavy (non-hydrogen) atoms. The van der Waals surface area contributed by atoms with E-state index < -0.39 is 10.0 Å². The summed E-state index contributed by atoms with van der Waals surface area (Å²) in [6.07, 6.45) is 0. The summed E-state index contributed by atoms with van der Waals surface area (Å²) in [5.74, 6) is 1.70. The lowest BCUT2D eigenvalue weighted by atomic mass is 10.0. The molecule has 0 aromatic heterocycles. The summed E-state index contributed by atoms with van der Waals surface area (Å²) in [4.78, 5) is 0.0660. The van der Waals surface area contributed by atoms with Crippen molar-refractivity contribution in [2.45, 2.75) is 4.90 Å². The van der Waals surface area contributed by atoms with Crippen LogP contribution in [0.3, 0.4) is 0 Å². The number of benzene rings is 1. The number of hydrogen-bond donors (Lipinski definition) is 1. The summed E-state index contributed by atoms with van der Waals surface area (Å²) < 4.78 is 43.6. The van der Waals surface area contributed by atoms with E-state index in [2.05, 4.69) is 5.32 Å². The van der Waals surface area contributed by atoms with Crippen molar-refractivity contribution < 1.29 is 22.6 Å². The first-order chi connectivity index (χ1) is 11.0. The van der Waals surface area contributed by atoms with Crippen LogP contribution < -0.4 is 19.5 Å². The van der Waals surface area contributed by atoms with Crippen LogP contribution in [-0.4, -0.2) is 60.2 Å². The second-order valence-corrected chi connectivity index (χ2v) is 7.74. The van der Waals surface area contributed by atoms with Gasteiger partial charge >= 0.3 is 0 Å². The predicted octanol–water partition coefficient (Wildman–Crippen LogP) is 0.552. The Morgan fingerprint density at radius 1 is 1.00 bits per heavy atom. The van der Waals surface area contributed by atoms with E-state index in [0.717, 1.165) is 13.1 Å². The van der Waals surface area contributed by atoms with Crippen LogP contribution in [0.4, 0.5) is 0 Å². The first kappa shape index (κ1) is 16.4. The van der Waals surface area contributed by atoms with Crippen LogP contribution in [0.15, 0.2) is 17.0 Å². The van der Waals surface area contributed by atoms with Crippen molar-refractivity contribution in [2.24, 2.45) is 11.8 Å². The summed E-state index contributed by atoms with van der Waals surface area (Å²) in [6, 6.07) is 3.13. The molecule has 2 saturated heterocycles. The van der Waals surface area contributed by atoms with Gasteiger partial charge in [-0.1, -0.05) is 0 Å². The summed E-state index contributed by atoms with van der Waals surface area (Å²) in [7, 11) is 0.700. The fraction of sp³-hybridized carbons (Fsp3) is 0.600. The van der Waals surface area contributed by atoms with Crippen molar-refractivity contribution in [1.29, 1.82) is 0 Å². The quantitative estimate of drug-likeness (QED) is 0.842. The highest BCUT2D eigenvalue weighted by molar-refractivity contribution is 7.89. The summed E-state index contributed by atoms with van der Waals surface area (Å²) in [5.41, 5.74) is 0. The maximum absolute atomic E-state index is 13.1. The van der Waals surface area contributed by atoms with E-state index in [0.29, 0.717) is 30.7 Å². The third-order valence-corrected chi connectivity index (χ3v) is 6.52. The van der Waals surface area contributed by atoms with Gasteiger partial charge in [0.2, 0.25) is 0 Å². The van der Waals surface area contributed by atoms with Crippen LogP contribution in [0, 0.1) is 11.8 Å². The average Bonchev–Trinajstić information content (AvgIpc) is 3.15. The molecule has 3 rings (SSSR count). The van der Waals surface area contributed by atoms with E-state index >= 15 is 0 Å². The van der Waals surface area contributed by atoms with Crippen molar-refractivity contribution >= 4 is 10.0 Å². The van der Waals surface area contributed by atoms with Crippen LogP contribution in [0.25, 0.3) is 0 Å². The summed E-state index contributed by atoms with van der Waals surface area (Å²) >= 11 is 0. The van der Waals surface area contributed by atoms with E-state index in [1.54, 1.807) is 12.1 Å². The number of rotatable bonds is 5. The highest BCUT2D eigenvalue weighted by atomic mass is 32.2. The first-order valence-corrected chi connectivity index (χ1v) is 8.96. The lowest BCUT2D eigenvalue weighted by molar-refractivity contribution is 0.354. The molecule has 1 N–H and O–H groups in total. The van der Waals surface area contributed by atoms with Crippen molar-refractivity contribution in [1.82, 2.24) is 9.62 Å². The van der Waals surface area contributed by atoms with Crippen molar-refractivity contribution in [3.05, 3.63) is 12.1 Å². The minimum absolute atomic E-state index is 0.0660. The number of fused-ring (bicyclic) bond motifs is 1. The SMILES string of the molecule is COc1cc(OC)c(S(=O)(=O)N2C[C@H]3CNC[C@H]3C2)c(OC)c1. The first-order valence-electron chi connectivity index (χ1n) is 7.52. The Hall–Kier alpha value is -1.51. The van der Waals surface area contributed by atoms with Crippen molar-refractivity contribution in [3.63, 3.8) is 0 Å². The van der Waals surface area contributed by atoms with Crippen LogP contribution in [0.5, 0.6) is 17.2 Å². The summed E-state index contributed by atoms with van der Waals surface area (Å²) in [6.45, 7) is 2.79. The molecule has 0 saturated carbocycles. The second kappa shape index (κ2) is 6.18. The van der Waals surface area contributed by atoms with Crippen LogP contribution in [0.1, 0.15) is 0 Å². The van der Waals surface area contributed by atoms with Gasteiger partial charge in [-0.15, -0.1) is 0 Å². The van der Waals surface area contributed by atoms with E-state index in [9.17, 15) is 8.42 Å². The fourth-order valence-corrected chi connectivity index (χ4v) is 5.19. The monoisotopic (exact) mass is 342 g/mol. The van der Waals surface area contributed by atoms with Crippen LogP contribution >= 0.6 is 0 Å². The summed E-state index contributed by atoms with van der Waals surface area (Å²) in [5, 5.41) is 3.31. The zero-order valence-electron chi connectivity index (χ0n) is 13.5. The van der Waals surface area contributed by atoms with Gasteiger partial charge in [0.1, 0.15) is 17.2 Å². The van der Waals surface area contributed by atoms with Crippen LogP contribution in [0.2, 0.25) is 0 Å². The molecule has 2 fully saturated rings. The Morgan fingerprint density at radius 2 is 1.52 bits per heavy atom. The molecular formula is C15H22N2O5S. The molecule has 7 nitrogen and oxygen atoms in total. The standard InChI is InChI=1S/C15H22N2O5S/c1-20-12-4-13(21-2)15(14(5-12)22-3)23(18,19)17-8-10-6-16-7-11(10)9-17/h4-5,10-11,16H,6-9H2,1-3H3/t10-,11+. The van der Waals surface area contributed by atoms with E-state index in [4.69, 9.17) is 14.2 Å². The Bertz CT molecular complexity index is 654. The number of sulfonamides is 1. The van der Waals surface area contributed by atoms with E-state index in [-0.39, 0.29) is 16.4 Å².